The van der Waals surface area contributed by atoms with E-state index in [0.29, 0.717) is 0 Å². The number of hydrogen-bond acceptors (Lipinski definition) is 7. The Morgan fingerprint density at radius 3 is 2.65 bits per heavy atom. The van der Waals surface area contributed by atoms with E-state index in [-0.39, 0.29) is 11.4 Å². The third kappa shape index (κ3) is 2.67. The van der Waals surface area contributed by atoms with Gasteiger partial charge in [0.1, 0.15) is 0 Å². The summed E-state index contributed by atoms with van der Waals surface area (Å²) in [6.45, 7) is 0. The second-order valence-electron chi connectivity index (χ2n) is 3.68. The molecule has 11 heteroatoms. The summed E-state index contributed by atoms with van der Waals surface area (Å²) in [4.78, 5) is 9.63. The predicted octanol–water partition coefficient (Wildman–Crippen LogP) is 0.404. The van der Waals surface area contributed by atoms with E-state index in [0.717, 1.165) is 12.1 Å². The lowest BCUT2D eigenvalue weighted by Crippen LogP contribution is -2.15. The van der Waals surface area contributed by atoms with Crippen LogP contribution in [0.25, 0.3) is 0 Å². The molecule has 0 spiro atoms. The molecule has 0 aliphatic carbocycles. The number of hydrazine groups is 1. The second-order valence-corrected chi connectivity index (χ2v) is 5.33. The molecule has 0 saturated carbocycles. The molecule has 0 atom stereocenters. The highest BCUT2D eigenvalue weighted by atomic mass is 32.2. The van der Waals surface area contributed by atoms with E-state index in [1.807, 2.05) is 0 Å². The van der Waals surface area contributed by atoms with Gasteiger partial charge in [0.05, 0.1) is 22.5 Å². The van der Waals surface area contributed by atoms with Crippen LogP contribution in [0.2, 0.25) is 0 Å². The molecule has 1 aromatic heterocycles. The van der Waals surface area contributed by atoms with Crippen LogP contribution in [0.5, 0.6) is 0 Å². The largest absolute Gasteiger partial charge is 0.324 e. The summed E-state index contributed by atoms with van der Waals surface area (Å²) in [5.41, 5.74) is 2.06. The number of aromatic amines is 1. The maximum absolute atomic E-state index is 12.2. The molecule has 106 valence electrons. The van der Waals surface area contributed by atoms with Crippen LogP contribution in [-0.2, 0) is 10.0 Å². The van der Waals surface area contributed by atoms with E-state index < -0.39 is 25.5 Å². The third-order valence-electron chi connectivity index (χ3n) is 2.36. The Bertz CT molecular complexity index is 727. The number of nitrogens with two attached hydrogens (primary N) is 1. The van der Waals surface area contributed by atoms with Gasteiger partial charge in [-0.15, -0.1) is 0 Å². The number of aromatic nitrogens is 2. The number of nitro groups is 1. The number of nitrogens with zero attached hydrogens (tertiary/aromatic N) is 2. The maximum atomic E-state index is 12.2. The first kappa shape index (κ1) is 13.8. The topological polar surface area (TPSA) is 156 Å². The Morgan fingerprint density at radius 2 is 2.10 bits per heavy atom. The monoisotopic (exact) mass is 298 g/mol. The molecule has 2 rings (SSSR count). The van der Waals surface area contributed by atoms with Gasteiger partial charge in [-0.3, -0.25) is 25.8 Å². The zero-order valence-corrected chi connectivity index (χ0v) is 10.7. The van der Waals surface area contributed by atoms with Crippen molar-refractivity contribution >= 4 is 27.1 Å². The lowest BCUT2D eigenvalue weighted by molar-refractivity contribution is -0.387. The van der Waals surface area contributed by atoms with Crippen LogP contribution in [0, 0.1) is 10.1 Å². The number of hydrogen-bond donors (Lipinski definition) is 4. The van der Waals surface area contributed by atoms with Crippen LogP contribution in [0.15, 0.2) is 35.5 Å². The van der Waals surface area contributed by atoms with Crippen molar-refractivity contribution < 1.29 is 13.3 Å². The van der Waals surface area contributed by atoms with Crippen LogP contribution in [0.4, 0.5) is 17.1 Å². The van der Waals surface area contributed by atoms with Crippen molar-refractivity contribution in [2.45, 2.75) is 4.90 Å². The fourth-order valence-electron chi connectivity index (χ4n) is 1.49. The van der Waals surface area contributed by atoms with Crippen LogP contribution in [0.1, 0.15) is 0 Å². The smallest absolute Gasteiger partial charge is 0.290 e. The van der Waals surface area contributed by atoms with Gasteiger partial charge >= 0.3 is 0 Å². The fraction of sp³-hybridized carbons (Fsp3) is 0. The molecular formula is C9H10N6O4S. The van der Waals surface area contributed by atoms with E-state index >= 15 is 0 Å². The van der Waals surface area contributed by atoms with Crippen molar-refractivity contribution in [1.29, 1.82) is 0 Å². The summed E-state index contributed by atoms with van der Waals surface area (Å²) < 4.78 is 26.5. The summed E-state index contributed by atoms with van der Waals surface area (Å²) in [6, 6.07) is 3.43. The zero-order valence-electron chi connectivity index (χ0n) is 9.90. The molecule has 0 saturated heterocycles. The number of anilines is 2. The number of rotatable bonds is 5. The van der Waals surface area contributed by atoms with Crippen molar-refractivity contribution in [3.63, 3.8) is 0 Å². The Morgan fingerprint density at radius 1 is 1.35 bits per heavy atom. The molecule has 0 aliphatic rings. The van der Waals surface area contributed by atoms with Crippen molar-refractivity contribution in [1.82, 2.24) is 10.2 Å². The van der Waals surface area contributed by atoms with Gasteiger partial charge < -0.3 is 5.43 Å². The first-order valence-electron chi connectivity index (χ1n) is 5.20. The third-order valence-corrected chi connectivity index (χ3v) is 3.77. The minimum Gasteiger partial charge on any atom is -0.324 e. The van der Waals surface area contributed by atoms with E-state index in [2.05, 4.69) is 20.3 Å². The summed E-state index contributed by atoms with van der Waals surface area (Å²) in [5, 5.41) is 16.9. The second kappa shape index (κ2) is 5.14. The van der Waals surface area contributed by atoms with Gasteiger partial charge in [0.25, 0.3) is 15.7 Å². The van der Waals surface area contributed by atoms with Gasteiger partial charge in [-0.05, 0) is 12.1 Å². The first-order valence-corrected chi connectivity index (χ1v) is 6.69. The number of nitrogen functional groups attached to an aromatic ring is 1. The van der Waals surface area contributed by atoms with E-state index in [1.54, 1.807) is 0 Å². The molecule has 2 aromatic rings. The molecule has 0 unspecified atom stereocenters. The van der Waals surface area contributed by atoms with Crippen LogP contribution in [0.3, 0.4) is 0 Å². The molecule has 0 aliphatic heterocycles. The maximum Gasteiger partial charge on any atom is 0.290 e. The van der Waals surface area contributed by atoms with Gasteiger partial charge in [0.15, 0.2) is 4.90 Å². The lowest BCUT2D eigenvalue weighted by Gasteiger charge is -2.08. The van der Waals surface area contributed by atoms with Crippen LogP contribution in [-0.4, -0.2) is 23.5 Å². The zero-order chi connectivity index (χ0) is 14.8. The standard InChI is InChI=1S/C9H10N6O4S/c10-13-6-1-2-8(15(16)17)9(3-6)20(18,19)14-7-4-11-12-5-7/h1-5,13-14H,10H2,(H,11,12). The summed E-state index contributed by atoms with van der Waals surface area (Å²) in [6.07, 6.45) is 2.53. The lowest BCUT2D eigenvalue weighted by atomic mass is 10.3. The Labute approximate surface area is 113 Å². The molecule has 5 N–H and O–H groups in total. The molecule has 10 nitrogen and oxygen atoms in total. The van der Waals surface area contributed by atoms with Crippen molar-refractivity contribution in [3.8, 4) is 0 Å². The molecule has 1 heterocycles. The van der Waals surface area contributed by atoms with Gasteiger partial charge in [-0.2, -0.15) is 5.10 Å². The minimum absolute atomic E-state index is 0.158. The predicted molar refractivity (Wildman–Crippen MR) is 70.3 cm³/mol. The highest BCUT2D eigenvalue weighted by Crippen LogP contribution is 2.28. The minimum atomic E-state index is -4.14. The average molecular weight is 298 g/mol. The number of H-pyrrole nitrogens is 1. The summed E-state index contributed by atoms with van der Waals surface area (Å²) >= 11 is 0. The molecule has 0 fully saturated rings. The van der Waals surface area contributed by atoms with Gasteiger partial charge in [-0.25, -0.2) is 8.42 Å². The Kier molecular flexibility index (Phi) is 3.54. The van der Waals surface area contributed by atoms with E-state index in [4.69, 9.17) is 5.84 Å². The van der Waals surface area contributed by atoms with Crippen molar-refractivity contribution in [2.75, 3.05) is 10.1 Å². The van der Waals surface area contributed by atoms with Gasteiger partial charge in [-0.1, -0.05) is 0 Å². The molecule has 0 radical (unpaired) electrons. The summed E-state index contributed by atoms with van der Waals surface area (Å²) in [7, 11) is -4.14. The average Bonchev–Trinajstić information content (AvgIpc) is 2.90. The first-order chi connectivity index (χ1) is 9.44. The van der Waals surface area contributed by atoms with E-state index in [1.165, 1.54) is 18.5 Å². The Balaban J connectivity index is 2.51. The SMILES string of the molecule is NNc1ccc([N+](=O)[O-])c(S(=O)(=O)Nc2cn[nH]c2)c1. The Hall–Kier alpha value is -2.66. The van der Waals surface area contributed by atoms with Gasteiger partial charge in [0, 0.05) is 12.3 Å². The quantitative estimate of drug-likeness (QED) is 0.353. The van der Waals surface area contributed by atoms with Crippen molar-refractivity contribution in [2.24, 2.45) is 5.84 Å². The number of nitrogens with one attached hydrogen (secondary N) is 3. The van der Waals surface area contributed by atoms with E-state index in [9.17, 15) is 18.5 Å². The molecule has 1 aromatic carbocycles. The summed E-state index contributed by atoms with van der Waals surface area (Å²) in [5.74, 6) is 5.17. The van der Waals surface area contributed by atoms with Crippen LogP contribution >= 0.6 is 0 Å². The number of nitro benzene ring substituents is 1. The molecule has 0 amide bonds. The highest BCUT2D eigenvalue weighted by Gasteiger charge is 2.26. The number of sulfonamides is 1. The van der Waals surface area contributed by atoms with Gasteiger partial charge in [0.2, 0.25) is 0 Å². The van der Waals surface area contributed by atoms with Crippen LogP contribution < -0.4 is 16.0 Å². The normalized spacial score (nSPS) is 11.1. The molecule has 20 heavy (non-hydrogen) atoms. The molecule has 0 bridgehead atoms. The fourth-order valence-corrected chi connectivity index (χ4v) is 2.72. The highest BCUT2D eigenvalue weighted by molar-refractivity contribution is 7.92. The molecular weight excluding hydrogens is 288 g/mol. The number of benzene rings is 1. The van der Waals surface area contributed by atoms with Crippen molar-refractivity contribution in [3.05, 3.63) is 40.7 Å².